The first-order valence-electron chi connectivity index (χ1n) is 12.6. The fourth-order valence-electron chi connectivity index (χ4n) is 6.53. The van der Waals surface area contributed by atoms with E-state index in [1.807, 2.05) is 0 Å². The molecule has 0 aliphatic heterocycles. The number of hydrogen-bond acceptors (Lipinski definition) is 1. The lowest BCUT2D eigenvalue weighted by molar-refractivity contribution is -0.117. The number of carbonyl (C=O) groups is 1. The molecule has 0 aromatic heterocycles. The lowest BCUT2D eigenvalue weighted by Gasteiger charge is -2.11. The van der Waals surface area contributed by atoms with E-state index in [1.165, 1.54) is 66.1 Å². The Kier molecular flexibility index (Phi) is 3.99. The van der Waals surface area contributed by atoms with E-state index in [1.54, 1.807) is 0 Å². The van der Waals surface area contributed by atoms with Crippen LogP contribution in [-0.4, -0.2) is 5.78 Å². The molecule has 0 saturated carbocycles. The summed E-state index contributed by atoms with van der Waals surface area (Å²) in [5.74, 6) is 0.252. The zero-order valence-corrected chi connectivity index (χ0v) is 19.7. The summed E-state index contributed by atoms with van der Waals surface area (Å²) in [4.78, 5) is 13.5. The molecule has 6 aromatic rings. The van der Waals surface area contributed by atoms with E-state index in [0.29, 0.717) is 12.8 Å². The summed E-state index contributed by atoms with van der Waals surface area (Å²) in [5, 5.41) is 4.97. The molecular formula is C35H22O. The van der Waals surface area contributed by atoms with Crippen LogP contribution in [0.2, 0.25) is 0 Å². The molecule has 2 aliphatic rings. The van der Waals surface area contributed by atoms with E-state index in [-0.39, 0.29) is 5.78 Å². The number of rotatable bonds is 4. The van der Waals surface area contributed by atoms with Gasteiger partial charge in [0.15, 0.2) is 0 Å². The third-order valence-electron chi connectivity index (χ3n) is 8.05. The molecule has 8 rings (SSSR count). The second-order valence-corrected chi connectivity index (χ2v) is 9.98. The number of ketones is 1. The molecule has 0 atom stereocenters. The van der Waals surface area contributed by atoms with E-state index in [0.717, 1.165) is 11.1 Å². The second-order valence-electron chi connectivity index (χ2n) is 9.98. The maximum absolute atomic E-state index is 13.5. The van der Waals surface area contributed by atoms with Crippen molar-refractivity contribution in [2.45, 2.75) is 12.8 Å². The summed E-state index contributed by atoms with van der Waals surface area (Å²) < 4.78 is 0. The van der Waals surface area contributed by atoms with Crippen LogP contribution in [0, 0.1) is 0 Å². The highest BCUT2D eigenvalue weighted by atomic mass is 16.1. The van der Waals surface area contributed by atoms with Crippen molar-refractivity contribution in [3.8, 4) is 44.5 Å². The molecule has 0 radical (unpaired) electrons. The highest BCUT2D eigenvalue weighted by molar-refractivity contribution is 6.17. The lowest BCUT2D eigenvalue weighted by atomic mass is 9.92. The first-order chi connectivity index (χ1) is 17.8. The van der Waals surface area contributed by atoms with Crippen molar-refractivity contribution in [1.82, 2.24) is 0 Å². The molecule has 1 heteroatoms. The molecule has 1 nitrogen and oxygen atoms in total. The third-order valence-corrected chi connectivity index (χ3v) is 8.05. The Balaban J connectivity index is 1.17. The lowest BCUT2D eigenvalue weighted by Crippen LogP contribution is -2.07. The predicted octanol–water partition coefficient (Wildman–Crippen LogP) is 8.64. The van der Waals surface area contributed by atoms with Crippen molar-refractivity contribution in [1.29, 1.82) is 0 Å². The minimum atomic E-state index is 0.252. The molecule has 36 heavy (non-hydrogen) atoms. The summed E-state index contributed by atoms with van der Waals surface area (Å²) in [6.45, 7) is 0. The third kappa shape index (κ3) is 2.63. The molecule has 0 N–H and O–H groups in total. The van der Waals surface area contributed by atoms with Gasteiger partial charge >= 0.3 is 0 Å². The average molecular weight is 459 g/mol. The van der Waals surface area contributed by atoms with Crippen molar-refractivity contribution in [3.05, 3.63) is 120 Å². The quantitative estimate of drug-likeness (QED) is 0.258. The van der Waals surface area contributed by atoms with Gasteiger partial charge in [0, 0.05) is 12.8 Å². The second kappa shape index (κ2) is 7.26. The van der Waals surface area contributed by atoms with Crippen LogP contribution in [0.4, 0.5) is 0 Å². The van der Waals surface area contributed by atoms with Gasteiger partial charge in [-0.3, -0.25) is 4.79 Å². The van der Waals surface area contributed by atoms with Gasteiger partial charge in [0.25, 0.3) is 0 Å². The molecular weight excluding hydrogens is 436 g/mol. The van der Waals surface area contributed by atoms with Crippen LogP contribution in [0.1, 0.15) is 11.1 Å². The number of hydrogen-bond donors (Lipinski definition) is 0. The number of benzene rings is 6. The van der Waals surface area contributed by atoms with E-state index < -0.39 is 0 Å². The Morgan fingerprint density at radius 2 is 0.750 bits per heavy atom. The Hall–Kier alpha value is -4.49. The number of fused-ring (bicyclic) bond motifs is 6. The molecule has 0 spiro atoms. The molecule has 0 heterocycles. The van der Waals surface area contributed by atoms with Crippen molar-refractivity contribution >= 4 is 27.3 Å². The van der Waals surface area contributed by atoms with Gasteiger partial charge in [-0.25, -0.2) is 0 Å². The maximum Gasteiger partial charge on any atom is 0.141 e. The number of Topliss-reactive ketones (excluding diaryl/α,β-unsaturated/α-hetero) is 1. The van der Waals surface area contributed by atoms with E-state index in [4.69, 9.17) is 0 Å². The summed E-state index contributed by atoms with van der Waals surface area (Å²) in [5.41, 5.74) is 12.5. The van der Waals surface area contributed by atoms with Crippen LogP contribution in [-0.2, 0) is 17.6 Å². The largest absolute Gasteiger partial charge is 0.299 e. The van der Waals surface area contributed by atoms with Gasteiger partial charge in [-0.1, -0.05) is 109 Å². The average Bonchev–Trinajstić information content (AvgIpc) is 3.43. The van der Waals surface area contributed by atoms with Gasteiger partial charge in [0.05, 0.1) is 0 Å². The normalized spacial score (nSPS) is 12.2. The van der Waals surface area contributed by atoms with Crippen LogP contribution in [0.3, 0.4) is 0 Å². The van der Waals surface area contributed by atoms with E-state index in [9.17, 15) is 4.79 Å². The van der Waals surface area contributed by atoms with Crippen molar-refractivity contribution in [3.63, 3.8) is 0 Å². The van der Waals surface area contributed by atoms with Crippen LogP contribution in [0.5, 0.6) is 0 Å². The van der Waals surface area contributed by atoms with Crippen LogP contribution >= 0.6 is 0 Å². The minimum Gasteiger partial charge on any atom is -0.299 e. The fraction of sp³-hybridized carbons (Fsp3) is 0.0571. The Bertz CT molecular complexity index is 1710. The van der Waals surface area contributed by atoms with Gasteiger partial charge in [-0.15, -0.1) is 0 Å². The smallest absolute Gasteiger partial charge is 0.141 e. The summed E-state index contributed by atoms with van der Waals surface area (Å²) >= 11 is 0. The van der Waals surface area contributed by atoms with Crippen molar-refractivity contribution < 1.29 is 4.79 Å². The Labute approximate surface area is 209 Å². The van der Waals surface area contributed by atoms with Crippen LogP contribution < -0.4 is 0 Å². The van der Waals surface area contributed by atoms with Gasteiger partial charge in [0.2, 0.25) is 0 Å². The standard InChI is InChI=1S/C35H22O/c36-23(19-21-15-17-32-28-9-3-1-7-26(28)30-13-5-11-24(21)34(30)32)20-22-16-18-33-29-10-4-2-8-27(29)31-14-6-12-25(22)35(31)33/h1-18H,19-20H2. The van der Waals surface area contributed by atoms with Crippen LogP contribution in [0.25, 0.3) is 66.1 Å². The molecule has 2 aliphatic carbocycles. The zero-order valence-electron chi connectivity index (χ0n) is 19.7. The minimum absolute atomic E-state index is 0.252. The maximum atomic E-state index is 13.5. The Morgan fingerprint density at radius 3 is 1.17 bits per heavy atom. The first kappa shape index (κ1) is 19.8. The molecule has 168 valence electrons. The van der Waals surface area contributed by atoms with Crippen LogP contribution in [0.15, 0.2) is 109 Å². The van der Waals surface area contributed by atoms with Gasteiger partial charge < -0.3 is 0 Å². The zero-order chi connectivity index (χ0) is 23.8. The van der Waals surface area contributed by atoms with Crippen molar-refractivity contribution in [2.24, 2.45) is 0 Å². The highest BCUT2D eigenvalue weighted by Gasteiger charge is 2.24. The van der Waals surface area contributed by atoms with Gasteiger partial charge in [0.1, 0.15) is 5.78 Å². The van der Waals surface area contributed by atoms with Gasteiger partial charge in [-0.2, -0.15) is 0 Å². The summed E-state index contributed by atoms with van der Waals surface area (Å²) in [7, 11) is 0. The van der Waals surface area contributed by atoms with Gasteiger partial charge in [-0.05, 0) is 77.2 Å². The summed E-state index contributed by atoms with van der Waals surface area (Å²) in [6.07, 6.45) is 0.888. The molecule has 0 amide bonds. The fourth-order valence-corrected chi connectivity index (χ4v) is 6.53. The molecule has 0 bridgehead atoms. The highest BCUT2D eigenvalue weighted by Crippen LogP contribution is 2.49. The molecule has 0 saturated heterocycles. The first-order valence-corrected chi connectivity index (χ1v) is 12.6. The van der Waals surface area contributed by atoms with Crippen molar-refractivity contribution in [2.75, 3.05) is 0 Å². The monoisotopic (exact) mass is 458 g/mol. The predicted molar refractivity (Wildman–Crippen MR) is 149 cm³/mol. The molecule has 6 aromatic carbocycles. The Morgan fingerprint density at radius 1 is 0.389 bits per heavy atom. The number of carbonyl (C=O) groups excluding carboxylic acids is 1. The van der Waals surface area contributed by atoms with E-state index in [2.05, 4.69) is 109 Å². The molecule has 0 unspecified atom stereocenters. The SMILES string of the molecule is O=C(Cc1ccc2c3c(cccc13)-c1ccccc1-2)Cc1ccc2c3c(cccc13)-c1ccccc1-2. The topological polar surface area (TPSA) is 17.1 Å². The van der Waals surface area contributed by atoms with E-state index >= 15 is 0 Å². The summed E-state index contributed by atoms with van der Waals surface area (Å²) in [6, 6.07) is 38.9. The molecule has 0 fully saturated rings.